The van der Waals surface area contributed by atoms with Crippen LogP contribution in [0.2, 0.25) is 0 Å². The first-order valence-corrected chi connectivity index (χ1v) is 7.65. The zero-order chi connectivity index (χ0) is 15.5. The molecule has 2 fully saturated rings. The summed E-state index contributed by atoms with van der Waals surface area (Å²) in [6, 6.07) is 0. The number of hydrogen-bond donors (Lipinski definition) is 1. The Morgan fingerprint density at radius 2 is 1.90 bits per heavy atom. The van der Waals surface area contributed by atoms with E-state index in [2.05, 4.69) is 4.90 Å². The normalized spacial score (nSPS) is 33.3. The minimum atomic E-state index is -4.11. The molecule has 2 atom stereocenters. The Balaban J connectivity index is 1.93. The van der Waals surface area contributed by atoms with E-state index in [9.17, 15) is 13.2 Å². The van der Waals surface area contributed by atoms with Gasteiger partial charge in [0.25, 0.3) is 0 Å². The molecule has 7 heteroatoms. The summed E-state index contributed by atoms with van der Waals surface area (Å²) in [5.41, 5.74) is 5.94. The molecule has 1 saturated heterocycles. The van der Waals surface area contributed by atoms with Crippen LogP contribution in [0.5, 0.6) is 0 Å². The third-order valence-corrected chi connectivity index (χ3v) is 4.94. The molecule has 2 rings (SSSR count). The third kappa shape index (κ3) is 4.31. The molecule has 21 heavy (non-hydrogen) atoms. The molecule has 0 aromatic rings. The molecule has 4 nitrogen and oxygen atoms in total. The third-order valence-electron chi connectivity index (χ3n) is 4.94. The van der Waals surface area contributed by atoms with Crippen molar-refractivity contribution in [2.75, 3.05) is 46.4 Å². The molecule has 0 radical (unpaired) electrons. The molecule has 0 aromatic heterocycles. The summed E-state index contributed by atoms with van der Waals surface area (Å²) in [7, 11) is 1.72. The first-order chi connectivity index (χ1) is 9.88. The van der Waals surface area contributed by atoms with E-state index in [4.69, 9.17) is 10.5 Å². The fourth-order valence-corrected chi connectivity index (χ4v) is 3.72. The summed E-state index contributed by atoms with van der Waals surface area (Å²) in [6.07, 6.45) is 0.127. The molecular formula is C14H26F3N3O. The molecule has 2 aliphatic rings. The zero-order valence-electron chi connectivity index (χ0n) is 12.7. The van der Waals surface area contributed by atoms with Gasteiger partial charge in [-0.3, -0.25) is 9.80 Å². The SMILES string of the molecule is COC1CCCC(CN)(N2CCN(CC(F)(F)F)CC2)C1. The van der Waals surface area contributed by atoms with Crippen LogP contribution in [0.1, 0.15) is 25.7 Å². The highest BCUT2D eigenvalue weighted by atomic mass is 19.4. The van der Waals surface area contributed by atoms with Crippen molar-refractivity contribution in [3.05, 3.63) is 0 Å². The van der Waals surface area contributed by atoms with Crippen molar-refractivity contribution < 1.29 is 17.9 Å². The number of methoxy groups -OCH3 is 1. The van der Waals surface area contributed by atoms with Gasteiger partial charge in [0.15, 0.2) is 0 Å². The van der Waals surface area contributed by atoms with Crippen LogP contribution in [0.15, 0.2) is 0 Å². The number of rotatable bonds is 4. The van der Waals surface area contributed by atoms with Gasteiger partial charge < -0.3 is 10.5 Å². The summed E-state index contributed by atoms with van der Waals surface area (Å²) < 4.78 is 42.8. The van der Waals surface area contributed by atoms with Gasteiger partial charge in [-0.05, 0) is 25.7 Å². The molecule has 0 amide bonds. The van der Waals surface area contributed by atoms with Crippen LogP contribution >= 0.6 is 0 Å². The maximum Gasteiger partial charge on any atom is 0.401 e. The van der Waals surface area contributed by atoms with E-state index in [1.54, 1.807) is 7.11 Å². The second kappa shape index (κ2) is 6.81. The molecule has 0 spiro atoms. The van der Waals surface area contributed by atoms with E-state index in [-0.39, 0.29) is 11.6 Å². The van der Waals surface area contributed by atoms with Crippen LogP contribution in [0.25, 0.3) is 0 Å². The topological polar surface area (TPSA) is 41.7 Å². The van der Waals surface area contributed by atoms with Gasteiger partial charge in [0.1, 0.15) is 0 Å². The number of nitrogens with two attached hydrogens (primary N) is 1. The van der Waals surface area contributed by atoms with Gasteiger partial charge >= 0.3 is 6.18 Å². The molecular weight excluding hydrogens is 283 g/mol. The number of alkyl halides is 3. The Morgan fingerprint density at radius 1 is 1.24 bits per heavy atom. The highest BCUT2D eigenvalue weighted by Crippen LogP contribution is 2.35. The Hall–Kier alpha value is -0.370. The lowest BCUT2D eigenvalue weighted by atomic mass is 9.78. The van der Waals surface area contributed by atoms with Crippen LogP contribution in [-0.4, -0.2) is 74.0 Å². The van der Waals surface area contributed by atoms with Crippen molar-refractivity contribution in [2.45, 2.75) is 43.5 Å². The van der Waals surface area contributed by atoms with E-state index < -0.39 is 12.7 Å². The fraction of sp³-hybridized carbons (Fsp3) is 1.00. The smallest absolute Gasteiger partial charge is 0.381 e. The van der Waals surface area contributed by atoms with Crippen molar-refractivity contribution >= 4 is 0 Å². The Labute approximate surface area is 124 Å². The highest BCUT2D eigenvalue weighted by Gasteiger charge is 2.42. The molecule has 2 unspecified atom stereocenters. The van der Waals surface area contributed by atoms with E-state index in [1.807, 2.05) is 0 Å². The van der Waals surface area contributed by atoms with Crippen LogP contribution in [0.3, 0.4) is 0 Å². The molecule has 124 valence electrons. The molecule has 0 aromatic carbocycles. The minimum absolute atomic E-state index is 0.0940. The van der Waals surface area contributed by atoms with Gasteiger partial charge in [-0.25, -0.2) is 0 Å². The van der Waals surface area contributed by atoms with Gasteiger partial charge in [0.05, 0.1) is 12.6 Å². The fourth-order valence-electron chi connectivity index (χ4n) is 3.72. The van der Waals surface area contributed by atoms with Crippen molar-refractivity contribution in [2.24, 2.45) is 5.73 Å². The molecule has 2 N–H and O–H groups in total. The van der Waals surface area contributed by atoms with Crippen LogP contribution in [-0.2, 0) is 4.74 Å². The standard InChI is InChI=1S/C14H26F3N3O/c1-21-12-3-2-4-13(9-12,10-18)20-7-5-19(6-8-20)11-14(15,16)17/h12H,2-11,18H2,1H3. The number of ether oxygens (including phenoxy) is 1. The minimum Gasteiger partial charge on any atom is -0.381 e. The first-order valence-electron chi connectivity index (χ1n) is 7.65. The molecule has 1 aliphatic heterocycles. The van der Waals surface area contributed by atoms with Crippen LogP contribution in [0.4, 0.5) is 13.2 Å². The second-order valence-corrected chi connectivity index (χ2v) is 6.26. The molecule has 1 saturated carbocycles. The lowest BCUT2D eigenvalue weighted by Crippen LogP contribution is -2.62. The molecule has 1 aliphatic carbocycles. The van der Waals surface area contributed by atoms with Gasteiger partial charge in [0, 0.05) is 45.4 Å². The number of nitrogens with zero attached hydrogens (tertiary/aromatic N) is 2. The lowest BCUT2D eigenvalue weighted by Gasteiger charge is -2.50. The average Bonchev–Trinajstić information content (AvgIpc) is 2.46. The number of hydrogen-bond acceptors (Lipinski definition) is 4. The van der Waals surface area contributed by atoms with Crippen molar-refractivity contribution in [3.8, 4) is 0 Å². The molecule has 0 bridgehead atoms. The first kappa shape index (κ1) is 17.0. The Kier molecular flexibility index (Phi) is 5.51. The van der Waals surface area contributed by atoms with E-state index in [0.29, 0.717) is 32.7 Å². The zero-order valence-corrected chi connectivity index (χ0v) is 12.7. The summed E-state index contributed by atoms with van der Waals surface area (Å²) in [6.45, 7) is 1.97. The number of piperazine rings is 1. The summed E-state index contributed by atoms with van der Waals surface area (Å²) in [5.74, 6) is 0. The highest BCUT2D eigenvalue weighted by molar-refractivity contribution is 4.98. The van der Waals surface area contributed by atoms with Crippen molar-refractivity contribution in [1.29, 1.82) is 0 Å². The van der Waals surface area contributed by atoms with Gasteiger partial charge in [-0.15, -0.1) is 0 Å². The predicted molar refractivity (Wildman–Crippen MR) is 75.1 cm³/mol. The quantitative estimate of drug-likeness (QED) is 0.853. The number of halogens is 3. The summed E-state index contributed by atoms with van der Waals surface area (Å²) in [5, 5.41) is 0. The van der Waals surface area contributed by atoms with E-state index in [0.717, 1.165) is 25.7 Å². The molecule has 1 heterocycles. The Bertz CT molecular complexity index is 332. The van der Waals surface area contributed by atoms with Crippen molar-refractivity contribution in [1.82, 2.24) is 9.80 Å². The van der Waals surface area contributed by atoms with E-state index in [1.165, 1.54) is 4.90 Å². The maximum absolute atomic E-state index is 12.4. The van der Waals surface area contributed by atoms with Gasteiger partial charge in [-0.1, -0.05) is 0 Å². The predicted octanol–water partition coefficient (Wildman–Crippen LogP) is 1.45. The van der Waals surface area contributed by atoms with Crippen molar-refractivity contribution in [3.63, 3.8) is 0 Å². The van der Waals surface area contributed by atoms with E-state index >= 15 is 0 Å². The largest absolute Gasteiger partial charge is 0.401 e. The summed E-state index contributed by atoms with van der Waals surface area (Å²) in [4.78, 5) is 3.78. The Morgan fingerprint density at radius 3 is 2.43 bits per heavy atom. The van der Waals surface area contributed by atoms with Crippen LogP contribution in [0, 0.1) is 0 Å². The van der Waals surface area contributed by atoms with Gasteiger partial charge in [-0.2, -0.15) is 13.2 Å². The van der Waals surface area contributed by atoms with Crippen LogP contribution < -0.4 is 5.73 Å². The average molecular weight is 309 g/mol. The second-order valence-electron chi connectivity index (χ2n) is 6.26. The van der Waals surface area contributed by atoms with Gasteiger partial charge in [0.2, 0.25) is 0 Å². The maximum atomic E-state index is 12.4. The lowest BCUT2D eigenvalue weighted by molar-refractivity contribution is -0.152. The monoisotopic (exact) mass is 309 g/mol. The summed E-state index contributed by atoms with van der Waals surface area (Å²) >= 11 is 0.